The van der Waals surface area contributed by atoms with Gasteiger partial charge in [-0.05, 0) is 18.9 Å². The Bertz CT molecular complexity index is 664. The minimum Gasteiger partial charge on any atom is -0.342 e. The third-order valence-corrected chi connectivity index (χ3v) is 4.78. The van der Waals surface area contributed by atoms with E-state index in [1.165, 1.54) is 18.2 Å². The van der Waals surface area contributed by atoms with Gasteiger partial charge < -0.3 is 9.80 Å². The van der Waals surface area contributed by atoms with Gasteiger partial charge in [0.05, 0.1) is 11.5 Å². The zero-order chi connectivity index (χ0) is 17.8. The number of non-ortho nitro benzene ring substituents is 1. The maximum Gasteiger partial charge on any atom is 0.270 e. The van der Waals surface area contributed by atoms with Crippen LogP contribution in [0.2, 0.25) is 0 Å². The van der Waals surface area contributed by atoms with Crippen molar-refractivity contribution < 1.29 is 14.5 Å². The average molecular weight is 346 g/mol. The highest BCUT2D eigenvalue weighted by Gasteiger charge is 2.26. The molecule has 0 radical (unpaired) electrons. The number of piperazine rings is 1. The van der Waals surface area contributed by atoms with Crippen molar-refractivity contribution in [2.24, 2.45) is 0 Å². The summed E-state index contributed by atoms with van der Waals surface area (Å²) >= 11 is 0. The first-order valence-electron chi connectivity index (χ1n) is 8.58. The van der Waals surface area contributed by atoms with Crippen molar-refractivity contribution in [3.8, 4) is 0 Å². The van der Waals surface area contributed by atoms with E-state index in [1.54, 1.807) is 11.0 Å². The van der Waals surface area contributed by atoms with E-state index in [-0.39, 0.29) is 17.5 Å². The summed E-state index contributed by atoms with van der Waals surface area (Å²) in [7, 11) is 0. The van der Waals surface area contributed by atoms with Crippen LogP contribution in [0.1, 0.15) is 23.2 Å². The van der Waals surface area contributed by atoms with Crippen molar-refractivity contribution in [1.82, 2.24) is 14.7 Å². The Kier molecular flexibility index (Phi) is 5.28. The van der Waals surface area contributed by atoms with Crippen LogP contribution in [0.15, 0.2) is 24.3 Å². The van der Waals surface area contributed by atoms with Gasteiger partial charge >= 0.3 is 0 Å². The molecule has 0 saturated carbocycles. The van der Waals surface area contributed by atoms with E-state index in [2.05, 4.69) is 4.90 Å². The molecule has 0 unspecified atom stereocenters. The molecule has 1 aromatic rings. The van der Waals surface area contributed by atoms with E-state index in [1.807, 2.05) is 4.90 Å². The Morgan fingerprint density at radius 2 is 1.68 bits per heavy atom. The van der Waals surface area contributed by atoms with Crippen molar-refractivity contribution in [1.29, 1.82) is 0 Å². The molecule has 8 nitrogen and oxygen atoms in total. The molecule has 0 N–H and O–H groups in total. The highest BCUT2D eigenvalue weighted by Crippen LogP contribution is 2.16. The van der Waals surface area contributed by atoms with Gasteiger partial charge in [0, 0.05) is 57.0 Å². The van der Waals surface area contributed by atoms with Crippen LogP contribution in [0.5, 0.6) is 0 Å². The molecule has 1 aromatic carbocycles. The lowest BCUT2D eigenvalue weighted by atomic mass is 10.1. The SMILES string of the molecule is O=C(CN1CCN(C(=O)c2cccc([N+](=O)[O-])c2)CC1)N1CCCC1. The van der Waals surface area contributed by atoms with Gasteiger partial charge in [-0.15, -0.1) is 0 Å². The quantitative estimate of drug-likeness (QED) is 0.599. The second-order valence-electron chi connectivity index (χ2n) is 6.46. The predicted molar refractivity (Wildman–Crippen MR) is 91.3 cm³/mol. The standard InChI is InChI=1S/C17H22N4O4/c22-16(19-6-1-2-7-19)13-18-8-10-20(11-9-18)17(23)14-4-3-5-15(12-14)21(24)25/h3-5,12H,1-2,6-11,13H2. The molecule has 134 valence electrons. The number of hydrogen-bond acceptors (Lipinski definition) is 5. The molecule has 0 spiro atoms. The van der Waals surface area contributed by atoms with Gasteiger partial charge in [0.1, 0.15) is 0 Å². The monoisotopic (exact) mass is 346 g/mol. The first-order chi connectivity index (χ1) is 12.0. The van der Waals surface area contributed by atoms with Crippen molar-refractivity contribution in [2.75, 3.05) is 45.8 Å². The normalized spacial score (nSPS) is 18.4. The molecule has 3 rings (SSSR count). The lowest BCUT2D eigenvalue weighted by Crippen LogP contribution is -2.51. The smallest absolute Gasteiger partial charge is 0.270 e. The second kappa shape index (κ2) is 7.60. The molecular formula is C17H22N4O4. The number of rotatable bonds is 4. The molecular weight excluding hydrogens is 324 g/mol. The molecule has 0 atom stereocenters. The minimum absolute atomic E-state index is 0.0827. The largest absolute Gasteiger partial charge is 0.342 e. The lowest BCUT2D eigenvalue weighted by molar-refractivity contribution is -0.384. The van der Waals surface area contributed by atoms with Gasteiger partial charge in [-0.3, -0.25) is 24.6 Å². The second-order valence-corrected chi connectivity index (χ2v) is 6.46. The number of carbonyl (C=O) groups is 2. The molecule has 8 heteroatoms. The molecule has 2 amide bonds. The highest BCUT2D eigenvalue weighted by atomic mass is 16.6. The third-order valence-electron chi connectivity index (χ3n) is 4.78. The zero-order valence-electron chi connectivity index (χ0n) is 14.1. The molecule has 2 fully saturated rings. The van der Waals surface area contributed by atoms with Gasteiger partial charge in [-0.2, -0.15) is 0 Å². The van der Waals surface area contributed by atoms with Crippen LogP contribution in [0.4, 0.5) is 5.69 Å². The fourth-order valence-corrected chi connectivity index (χ4v) is 3.30. The maximum absolute atomic E-state index is 12.5. The summed E-state index contributed by atoms with van der Waals surface area (Å²) in [5.74, 6) is -0.0369. The van der Waals surface area contributed by atoms with Crippen molar-refractivity contribution in [3.05, 3.63) is 39.9 Å². The molecule has 0 aliphatic carbocycles. The van der Waals surface area contributed by atoms with Crippen molar-refractivity contribution in [2.45, 2.75) is 12.8 Å². The summed E-state index contributed by atoms with van der Waals surface area (Å²) in [6, 6.07) is 5.80. The van der Waals surface area contributed by atoms with E-state index in [9.17, 15) is 19.7 Å². The first-order valence-corrected chi connectivity index (χ1v) is 8.58. The van der Waals surface area contributed by atoms with Crippen LogP contribution >= 0.6 is 0 Å². The molecule has 25 heavy (non-hydrogen) atoms. The number of nitro benzene ring substituents is 1. The summed E-state index contributed by atoms with van der Waals surface area (Å²) in [5.41, 5.74) is 0.247. The Morgan fingerprint density at radius 1 is 1.00 bits per heavy atom. The van der Waals surface area contributed by atoms with Crippen LogP contribution in [-0.4, -0.2) is 77.3 Å². The third kappa shape index (κ3) is 4.14. The highest BCUT2D eigenvalue weighted by molar-refractivity contribution is 5.95. The Balaban J connectivity index is 1.53. The van der Waals surface area contributed by atoms with E-state index in [0.717, 1.165) is 25.9 Å². The van der Waals surface area contributed by atoms with E-state index < -0.39 is 4.92 Å². The van der Waals surface area contributed by atoms with Gasteiger partial charge in [-0.25, -0.2) is 0 Å². The molecule has 0 aromatic heterocycles. The van der Waals surface area contributed by atoms with Crippen LogP contribution in [0, 0.1) is 10.1 Å². The van der Waals surface area contributed by atoms with E-state index in [0.29, 0.717) is 38.3 Å². The number of likely N-dealkylation sites (tertiary alicyclic amines) is 1. The van der Waals surface area contributed by atoms with Gasteiger partial charge in [0.25, 0.3) is 11.6 Å². The molecule has 2 aliphatic rings. The number of nitrogens with zero attached hydrogens (tertiary/aromatic N) is 4. The Hall–Kier alpha value is -2.48. The predicted octanol–water partition coefficient (Wildman–Crippen LogP) is 0.975. The van der Waals surface area contributed by atoms with Gasteiger partial charge in [0.2, 0.25) is 5.91 Å². The summed E-state index contributed by atoms with van der Waals surface area (Å²) in [6.07, 6.45) is 2.16. The topological polar surface area (TPSA) is 87.0 Å². The van der Waals surface area contributed by atoms with Crippen LogP contribution < -0.4 is 0 Å². The Labute approximate surface area is 146 Å². The summed E-state index contributed by atoms with van der Waals surface area (Å²) in [6.45, 7) is 4.43. The average Bonchev–Trinajstić information content (AvgIpc) is 3.17. The fourth-order valence-electron chi connectivity index (χ4n) is 3.30. The van der Waals surface area contributed by atoms with E-state index in [4.69, 9.17) is 0 Å². The Morgan fingerprint density at radius 3 is 2.32 bits per heavy atom. The van der Waals surface area contributed by atoms with Crippen LogP contribution in [0.3, 0.4) is 0 Å². The summed E-state index contributed by atoms with van der Waals surface area (Å²) < 4.78 is 0. The number of amides is 2. The fraction of sp³-hybridized carbons (Fsp3) is 0.529. The number of carbonyl (C=O) groups excluding carboxylic acids is 2. The van der Waals surface area contributed by atoms with Crippen LogP contribution in [-0.2, 0) is 4.79 Å². The summed E-state index contributed by atoms with van der Waals surface area (Å²) in [4.78, 5) is 40.7. The van der Waals surface area contributed by atoms with E-state index >= 15 is 0 Å². The van der Waals surface area contributed by atoms with Crippen molar-refractivity contribution >= 4 is 17.5 Å². The maximum atomic E-state index is 12.5. The zero-order valence-corrected chi connectivity index (χ0v) is 14.1. The number of benzene rings is 1. The molecule has 2 aliphatic heterocycles. The van der Waals surface area contributed by atoms with Crippen molar-refractivity contribution in [3.63, 3.8) is 0 Å². The molecule has 0 bridgehead atoms. The molecule has 2 saturated heterocycles. The van der Waals surface area contributed by atoms with Gasteiger partial charge in [0.15, 0.2) is 0 Å². The summed E-state index contributed by atoms with van der Waals surface area (Å²) in [5, 5.41) is 10.8. The number of nitro groups is 1. The molecule has 2 heterocycles. The first kappa shape index (κ1) is 17.3. The number of hydrogen-bond donors (Lipinski definition) is 0. The minimum atomic E-state index is -0.501. The van der Waals surface area contributed by atoms with Crippen LogP contribution in [0.25, 0.3) is 0 Å². The lowest BCUT2D eigenvalue weighted by Gasteiger charge is -2.35. The van der Waals surface area contributed by atoms with Gasteiger partial charge in [-0.1, -0.05) is 6.07 Å².